The number of benzene rings is 1. The number of amides is 1. The highest BCUT2D eigenvalue weighted by atomic mass is 35.5. The number of nitrogens with one attached hydrogen (secondary N) is 1. The van der Waals surface area contributed by atoms with Gasteiger partial charge in [0, 0.05) is 12.5 Å². The summed E-state index contributed by atoms with van der Waals surface area (Å²) in [4.78, 5) is 22.9. The van der Waals surface area contributed by atoms with Crippen LogP contribution in [0.25, 0.3) is 0 Å². The maximum Gasteiger partial charge on any atom is 0.306 e. The smallest absolute Gasteiger partial charge is 0.306 e. The molecule has 0 saturated heterocycles. The molecule has 1 aliphatic rings. The number of halogens is 1. The lowest BCUT2D eigenvalue weighted by Gasteiger charge is -2.26. The van der Waals surface area contributed by atoms with E-state index in [0.717, 1.165) is 18.4 Å². The molecule has 0 spiro atoms. The van der Waals surface area contributed by atoms with Crippen molar-refractivity contribution in [1.29, 1.82) is 0 Å². The van der Waals surface area contributed by atoms with Gasteiger partial charge in [-0.05, 0) is 49.8 Å². The van der Waals surface area contributed by atoms with E-state index in [1.807, 2.05) is 12.1 Å². The quantitative estimate of drug-likeness (QED) is 0.835. The maximum absolute atomic E-state index is 12.0. The van der Waals surface area contributed by atoms with Gasteiger partial charge in [0.2, 0.25) is 5.91 Å². The third-order valence-electron chi connectivity index (χ3n) is 4.30. The molecule has 2 N–H and O–H groups in total. The zero-order valence-corrected chi connectivity index (χ0v) is 13.9. The fourth-order valence-corrected chi connectivity index (χ4v) is 3.19. The van der Waals surface area contributed by atoms with Gasteiger partial charge in [-0.1, -0.05) is 17.7 Å². The first-order valence-corrected chi connectivity index (χ1v) is 8.22. The van der Waals surface area contributed by atoms with Crippen molar-refractivity contribution in [3.63, 3.8) is 0 Å². The lowest BCUT2D eigenvalue weighted by molar-refractivity contribution is -0.142. The Morgan fingerprint density at radius 1 is 1.30 bits per heavy atom. The number of carbonyl (C=O) groups is 2. The fourth-order valence-electron chi connectivity index (χ4n) is 2.91. The molecule has 1 fully saturated rings. The van der Waals surface area contributed by atoms with Gasteiger partial charge in [0.1, 0.15) is 5.75 Å². The molecule has 6 heteroatoms. The first kappa shape index (κ1) is 17.6. The van der Waals surface area contributed by atoms with Crippen molar-refractivity contribution in [2.45, 2.75) is 44.6 Å². The van der Waals surface area contributed by atoms with Crippen molar-refractivity contribution >= 4 is 23.5 Å². The number of carboxylic acid groups (broad SMARTS) is 1. The van der Waals surface area contributed by atoms with E-state index in [0.29, 0.717) is 36.5 Å². The molecule has 2 rings (SSSR count). The summed E-state index contributed by atoms with van der Waals surface area (Å²) in [6, 6.07) is 5.60. The first-order valence-electron chi connectivity index (χ1n) is 7.84. The Morgan fingerprint density at radius 3 is 2.57 bits per heavy atom. The van der Waals surface area contributed by atoms with Crippen molar-refractivity contribution in [3.05, 3.63) is 28.8 Å². The number of aliphatic carboxylic acids is 1. The summed E-state index contributed by atoms with van der Waals surface area (Å²) in [6.45, 7) is 0. The largest absolute Gasteiger partial charge is 0.495 e. The molecule has 1 amide bonds. The summed E-state index contributed by atoms with van der Waals surface area (Å²) in [5.74, 6) is -0.374. The molecular formula is C17H22ClNO4. The molecule has 0 heterocycles. The number of hydrogen-bond acceptors (Lipinski definition) is 3. The minimum absolute atomic E-state index is 0.00397. The fraction of sp³-hybridized carbons (Fsp3) is 0.529. The van der Waals surface area contributed by atoms with E-state index in [-0.39, 0.29) is 17.9 Å². The maximum atomic E-state index is 12.0. The van der Waals surface area contributed by atoms with Gasteiger partial charge in [-0.25, -0.2) is 0 Å². The van der Waals surface area contributed by atoms with Gasteiger partial charge in [-0.15, -0.1) is 0 Å². The normalized spacial score (nSPS) is 20.8. The second-order valence-electron chi connectivity index (χ2n) is 5.92. The second-order valence-corrected chi connectivity index (χ2v) is 6.33. The van der Waals surface area contributed by atoms with E-state index in [9.17, 15) is 9.59 Å². The van der Waals surface area contributed by atoms with Crippen LogP contribution in [0.5, 0.6) is 5.75 Å². The number of carbonyl (C=O) groups excluding carboxylic acids is 1. The highest BCUT2D eigenvalue weighted by Gasteiger charge is 2.26. The highest BCUT2D eigenvalue weighted by Crippen LogP contribution is 2.26. The van der Waals surface area contributed by atoms with E-state index < -0.39 is 5.97 Å². The molecule has 0 radical (unpaired) electrons. The van der Waals surface area contributed by atoms with Crippen LogP contribution in [0.15, 0.2) is 18.2 Å². The van der Waals surface area contributed by atoms with Crippen LogP contribution in [0.1, 0.15) is 37.7 Å². The Kier molecular flexibility index (Phi) is 6.28. The van der Waals surface area contributed by atoms with Crippen molar-refractivity contribution in [2.24, 2.45) is 5.92 Å². The van der Waals surface area contributed by atoms with Crippen LogP contribution in [-0.2, 0) is 16.0 Å². The van der Waals surface area contributed by atoms with Gasteiger partial charge in [0.05, 0.1) is 18.1 Å². The Balaban J connectivity index is 1.75. The van der Waals surface area contributed by atoms with E-state index in [1.54, 1.807) is 13.2 Å². The zero-order chi connectivity index (χ0) is 16.8. The standard InChI is InChI=1S/C17H22ClNO4/c1-23-15-8-2-11(10-14(15)18)3-9-16(20)19-13-6-4-12(5-7-13)17(21)22/h2,8,10,12-13H,3-7,9H2,1H3,(H,19,20)(H,21,22). The molecule has 126 valence electrons. The molecule has 0 aliphatic heterocycles. The highest BCUT2D eigenvalue weighted by molar-refractivity contribution is 6.32. The predicted octanol–water partition coefficient (Wildman–Crippen LogP) is 3.04. The van der Waals surface area contributed by atoms with Crippen molar-refractivity contribution in [2.75, 3.05) is 7.11 Å². The van der Waals surface area contributed by atoms with Crippen LogP contribution in [0.3, 0.4) is 0 Å². The average Bonchev–Trinajstić information content (AvgIpc) is 2.53. The van der Waals surface area contributed by atoms with Gasteiger partial charge < -0.3 is 15.2 Å². The number of methoxy groups -OCH3 is 1. The van der Waals surface area contributed by atoms with E-state index >= 15 is 0 Å². The monoisotopic (exact) mass is 339 g/mol. The predicted molar refractivity (Wildman–Crippen MR) is 87.8 cm³/mol. The zero-order valence-electron chi connectivity index (χ0n) is 13.2. The van der Waals surface area contributed by atoms with Crippen LogP contribution in [0.4, 0.5) is 0 Å². The van der Waals surface area contributed by atoms with Gasteiger partial charge in [0.15, 0.2) is 0 Å². The number of carboxylic acids is 1. The summed E-state index contributed by atoms with van der Waals surface area (Å²) in [7, 11) is 1.56. The lowest BCUT2D eigenvalue weighted by atomic mass is 9.86. The van der Waals surface area contributed by atoms with E-state index in [1.165, 1.54) is 0 Å². The topological polar surface area (TPSA) is 75.6 Å². The SMILES string of the molecule is COc1ccc(CCC(=O)NC2CCC(C(=O)O)CC2)cc1Cl. The molecule has 1 aromatic carbocycles. The van der Waals surface area contributed by atoms with Crippen LogP contribution in [0, 0.1) is 5.92 Å². The third-order valence-corrected chi connectivity index (χ3v) is 4.59. The third kappa shape index (κ3) is 5.13. The molecule has 0 aromatic heterocycles. The number of rotatable bonds is 6. The summed E-state index contributed by atoms with van der Waals surface area (Å²) < 4.78 is 5.10. The molecule has 0 atom stereocenters. The summed E-state index contributed by atoms with van der Waals surface area (Å²) >= 11 is 6.07. The van der Waals surface area contributed by atoms with Crippen LogP contribution >= 0.6 is 11.6 Å². The molecule has 1 aromatic rings. The Labute approximate surface area is 141 Å². The molecule has 1 saturated carbocycles. The van der Waals surface area contributed by atoms with Crippen LogP contribution in [0.2, 0.25) is 5.02 Å². The van der Waals surface area contributed by atoms with Crippen LogP contribution < -0.4 is 10.1 Å². The van der Waals surface area contributed by atoms with Gasteiger partial charge in [-0.2, -0.15) is 0 Å². The van der Waals surface area contributed by atoms with Crippen molar-refractivity contribution in [3.8, 4) is 5.75 Å². The molecule has 1 aliphatic carbocycles. The Morgan fingerprint density at radius 2 is 2.00 bits per heavy atom. The minimum atomic E-state index is -0.730. The van der Waals surface area contributed by atoms with Gasteiger partial charge in [-0.3, -0.25) is 9.59 Å². The van der Waals surface area contributed by atoms with Crippen molar-refractivity contribution in [1.82, 2.24) is 5.32 Å². The van der Waals surface area contributed by atoms with Gasteiger partial charge in [0.25, 0.3) is 0 Å². The number of ether oxygens (including phenoxy) is 1. The van der Waals surface area contributed by atoms with E-state index in [4.69, 9.17) is 21.4 Å². The number of aryl methyl sites for hydroxylation is 1. The molecular weight excluding hydrogens is 318 g/mol. The summed E-state index contributed by atoms with van der Waals surface area (Å²) in [6.07, 6.45) is 3.73. The second kappa shape index (κ2) is 8.20. The average molecular weight is 340 g/mol. The molecule has 23 heavy (non-hydrogen) atoms. The lowest BCUT2D eigenvalue weighted by Crippen LogP contribution is -2.38. The minimum Gasteiger partial charge on any atom is -0.495 e. The van der Waals surface area contributed by atoms with Crippen molar-refractivity contribution < 1.29 is 19.4 Å². The Bertz CT molecular complexity index is 568. The molecule has 5 nitrogen and oxygen atoms in total. The Hall–Kier alpha value is -1.75. The molecule has 0 unspecified atom stereocenters. The summed E-state index contributed by atoms with van der Waals surface area (Å²) in [5.41, 5.74) is 0.987. The molecule has 0 bridgehead atoms. The van der Waals surface area contributed by atoms with E-state index in [2.05, 4.69) is 5.32 Å². The summed E-state index contributed by atoms with van der Waals surface area (Å²) in [5, 5.41) is 12.5. The number of hydrogen-bond donors (Lipinski definition) is 2. The van der Waals surface area contributed by atoms with Gasteiger partial charge >= 0.3 is 5.97 Å². The first-order chi connectivity index (χ1) is 11.0. The van der Waals surface area contributed by atoms with Crippen LogP contribution in [-0.4, -0.2) is 30.1 Å².